The molecule has 1 saturated carbocycles. The average molecular weight is 324 g/mol. The fraction of sp³-hybridized carbons (Fsp3) is 0.500. The maximum atomic E-state index is 12.7. The largest absolute Gasteiger partial charge is 0.486 e. The molecule has 0 spiro atoms. The van der Waals surface area contributed by atoms with Gasteiger partial charge in [-0.05, 0) is 25.0 Å². The first-order chi connectivity index (χ1) is 11.8. The van der Waals surface area contributed by atoms with Crippen LogP contribution in [0.2, 0.25) is 0 Å². The number of carbonyl (C=O) groups is 1. The fourth-order valence-electron chi connectivity index (χ4n) is 3.98. The van der Waals surface area contributed by atoms with Crippen LogP contribution >= 0.6 is 0 Å². The number of aromatic nitrogens is 1. The Morgan fingerprint density at radius 2 is 1.92 bits per heavy atom. The lowest BCUT2D eigenvalue weighted by Crippen LogP contribution is -2.36. The van der Waals surface area contributed by atoms with Gasteiger partial charge in [0.25, 0.3) is 0 Å². The van der Waals surface area contributed by atoms with Gasteiger partial charge in [-0.1, -0.05) is 37.5 Å². The maximum absolute atomic E-state index is 12.7. The van der Waals surface area contributed by atoms with Crippen molar-refractivity contribution in [3.8, 4) is 5.75 Å². The van der Waals surface area contributed by atoms with Gasteiger partial charge in [0, 0.05) is 30.5 Å². The highest BCUT2D eigenvalue weighted by Crippen LogP contribution is 2.29. The van der Waals surface area contributed by atoms with Crippen molar-refractivity contribution in [1.29, 1.82) is 0 Å². The Balaban J connectivity index is 1.42. The van der Waals surface area contributed by atoms with Crippen LogP contribution < -0.4 is 4.74 Å². The summed E-state index contributed by atoms with van der Waals surface area (Å²) in [6, 6.07) is 10.00. The topological polar surface area (TPSA) is 42.4 Å². The van der Waals surface area contributed by atoms with Crippen LogP contribution in [-0.4, -0.2) is 35.0 Å². The van der Waals surface area contributed by atoms with Crippen LogP contribution in [0.4, 0.5) is 0 Å². The van der Waals surface area contributed by atoms with Gasteiger partial charge >= 0.3 is 0 Å². The molecule has 24 heavy (non-hydrogen) atoms. The molecule has 1 saturated heterocycles. The van der Waals surface area contributed by atoms with E-state index in [4.69, 9.17) is 4.74 Å². The van der Waals surface area contributed by atoms with E-state index in [0.29, 0.717) is 12.5 Å². The number of ether oxygens (including phenoxy) is 1. The number of nitrogens with zero attached hydrogens (tertiary/aromatic N) is 2. The number of pyridine rings is 1. The summed E-state index contributed by atoms with van der Waals surface area (Å²) in [5.41, 5.74) is 0.900. The zero-order valence-electron chi connectivity index (χ0n) is 14.0. The summed E-state index contributed by atoms with van der Waals surface area (Å²) in [6.07, 6.45) is 8.58. The summed E-state index contributed by atoms with van der Waals surface area (Å²) < 4.78 is 6.20. The Hall–Kier alpha value is -2.10. The van der Waals surface area contributed by atoms with E-state index in [1.54, 1.807) is 6.20 Å². The molecule has 1 amide bonds. The van der Waals surface area contributed by atoms with Gasteiger partial charge in [-0.2, -0.15) is 0 Å². The first-order valence-corrected chi connectivity index (χ1v) is 9.10. The van der Waals surface area contributed by atoms with E-state index < -0.39 is 0 Å². The molecule has 2 fully saturated rings. The summed E-state index contributed by atoms with van der Waals surface area (Å²) in [6.45, 7) is 1.52. The molecule has 0 bridgehead atoms. The predicted molar refractivity (Wildman–Crippen MR) is 93.9 cm³/mol. The van der Waals surface area contributed by atoms with Crippen LogP contribution in [0.5, 0.6) is 5.75 Å². The minimum atomic E-state index is 0.0742. The van der Waals surface area contributed by atoms with Crippen LogP contribution in [0.25, 0.3) is 10.9 Å². The molecule has 4 rings (SSSR count). The normalized spacial score (nSPS) is 22.0. The number of para-hydroxylation sites is 1. The van der Waals surface area contributed by atoms with Crippen LogP contribution in [0.15, 0.2) is 36.5 Å². The zero-order chi connectivity index (χ0) is 16.4. The van der Waals surface area contributed by atoms with Crippen molar-refractivity contribution in [1.82, 2.24) is 9.88 Å². The lowest BCUT2D eigenvalue weighted by molar-refractivity contribution is -0.135. The molecule has 1 aliphatic heterocycles. The van der Waals surface area contributed by atoms with E-state index in [1.165, 1.54) is 19.3 Å². The zero-order valence-corrected chi connectivity index (χ0v) is 14.0. The van der Waals surface area contributed by atoms with Crippen LogP contribution in [0, 0.1) is 5.92 Å². The van der Waals surface area contributed by atoms with Gasteiger partial charge < -0.3 is 9.64 Å². The molecule has 2 aromatic rings. The molecule has 126 valence electrons. The highest BCUT2D eigenvalue weighted by molar-refractivity contribution is 5.84. The average Bonchev–Trinajstić information content (AvgIpc) is 3.11. The number of carbonyl (C=O) groups excluding carboxylic acids is 1. The Morgan fingerprint density at radius 1 is 1.08 bits per heavy atom. The Bertz CT molecular complexity index is 719. The Kier molecular flexibility index (Phi) is 4.37. The predicted octanol–water partition coefficient (Wildman–Crippen LogP) is 3.79. The molecule has 4 nitrogen and oxygen atoms in total. The molecule has 4 heteroatoms. The number of amides is 1. The Morgan fingerprint density at radius 3 is 2.79 bits per heavy atom. The first kappa shape index (κ1) is 15.4. The van der Waals surface area contributed by atoms with Crippen molar-refractivity contribution in [2.75, 3.05) is 13.1 Å². The van der Waals surface area contributed by atoms with Crippen LogP contribution in [0.1, 0.15) is 38.5 Å². The number of hydrogen-bond acceptors (Lipinski definition) is 3. The molecule has 0 radical (unpaired) electrons. The fourth-order valence-corrected chi connectivity index (χ4v) is 3.98. The second kappa shape index (κ2) is 6.80. The molecular weight excluding hydrogens is 300 g/mol. The van der Waals surface area contributed by atoms with Gasteiger partial charge in [-0.15, -0.1) is 0 Å². The van der Waals surface area contributed by atoms with Crippen LogP contribution in [-0.2, 0) is 4.79 Å². The summed E-state index contributed by atoms with van der Waals surface area (Å²) in [7, 11) is 0. The quantitative estimate of drug-likeness (QED) is 0.862. The SMILES string of the molecule is O=C(C1CCCCC1)N1CCC(Oc2cccc3cccnc23)C1. The van der Waals surface area contributed by atoms with E-state index >= 15 is 0 Å². The Labute approximate surface area is 142 Å². The third-order valence-corrected chi connectivity index (χ3v) is 5.30. The highest BCUT2D eigenvalue weighted by Gasteiger charge is 2.32. The second-order valence-electron chi connectivity index (χ2n) is 6.98. The summed E-state index contributed by atoms with van der Waals surface area (Å²) in [4.78, 5) is 19.1. The monoisotopic (exact) mass is 324 g/mol. The minimum Gasteiger partial charge on any atom is -0.486 e. The molecule has 1 aliphatic carbocycles. The van der Waals surface area contributed by atoms with Gasteiger partial charge in [0.05, 0.1) is 6.54 Å². The number of rotatable bonds is 3. The molecule has 1 unspecified atom stereocenters. The molecule has 1 aromatic heterocycles. The van der Waals surface area contributed by atoms with Gasteiger partial charge in [-0.3, -0.25) is 9.78 Å². The van der Waals surface area contributed by atoms with E-state index in [1.807, 2.05) is 35.2 Å². The minimum absolute atomic E-state index is 0.0742. The van der Waals surface area contributed by atoms with Gasteiger partial charge in [-0.25, -0.2) is 0 Å². The van der Waals surface area contributed by atoms with Crippen LogP contribution in [0.3, 0.4) is 0 Å². The van der Waals surface area contributed by atoms with E-state index in [2.05, 4.69) is 4.98 Å². The lowest BCUT2D eigenvalue weighted by Gasteiger charge is -2.26. The van der Waals surface area contributed by atoms with E-state index in [-0.39, 0.29) is 12.0 Å². The van der Waals surface area contributed by atoms with E-state index in [0.717, 1.165) is 42.5 Å². The molecular formula is C20H24N2O2. The van der Waals surface area contributed by atoms with Gasteiger partial charge in [0.2, 0.25) is 5.91 Å². The van der Waals surface area contributed by atoms with Crippen molar-refractivity contribution < 1.29 is 9.53 Å². The maximum Gasteiger partial charge on any atom is 0.225 e. The molecule has 2 heterocycles. The standard InChI is InChI=1S/C20H24N2O2/c23-20(16-6-2-1-3-7-16)22-13-11-17(14-22)24-18-10-4-8-15-9-5-12-21-19(15)18/h4-5,8-10,12,16-17H,1-3,6-7,11,13-14H2. The van der Waals surface area contributed by atoms with E-state index in [9.17, 15) is 4.79 Å². The van der Waals surface area contributed by atoms with Gasteiger partial charge in [0.15, 0.2) is 0 Å². The van der Waals surface area contributed by atoms with Crippen molar-refractivity contribution in [2.24, 2.45) is 5.92 Å². The number of likely N-dealkylation sites (tertiary alicyclic amines) is 1. The second-order valence-corrected chi connectivity index (χ2v) is 6.98. The van der Waals surface area contributed by atoms with Crippen molar-refractivity contribution in [2.45, 2.75) is 44.6 Å². The smallest absolute Gasteiger partial charge is 0.225 e. The molecule has 1 atom stereocenters. The van der Waals surface area contributed by atoms with Gasteiger partial charge in [0.1, 0.15) is 17.4 Å². The lowest BCUT2D eigenvalue weighted by atomic mass is 9.88. The first-order valence-electron chi connectivity index (χ1n) is 9.10. The highest BCUT2D eigenvalue weighted by atomic mass is 16.5. The van der Waals surface area contributed by atoms with Crippen molar-refractivity contribution in [3.63, 3.8) is 0 Å². The van der Waals surface area contributed by atoms with Crippen molar-refractivity contribution >= 4 is 16.8 Å². The number of benzene rings is 1. The molecule has 0 N–H and O–H groups in total. The molecule has 1 aromatic carbocycles. The number of hydrogen-bond donors (Lipinski definition) is 0. The summed E-state index contributed by atoms with van der Waals surface area (Å²) >= 11 is 0. The van der Waals surface area contributed by atoms with Crippen molar-refractivity contribution in [3.05, 3.63) is 36.5 Å². The number of fused-ring (bicyclic) bond motifs is 1. The summed E-state index contributed by atoms with van der Waals surface area (Å²) in [5.74, 6) is 1.42. The summed E-state index contributed by atoms with van der Waals surface area (Å²) in [5, 5.41) is 1.09. The third-order valence-electron chi connectivity index (χ3n) is 5.30. The third kappa shape index (κ3) is 3.10. The molecule has 2 aliphatic rings.